The number of hydrogen-bond donors (Lipinski definition) is 2. The summed E-state index contributed by atoms with van der Waals surface area (Å²) in [5.41, 5.74) is 1.18. The number of methoxy groups -OCH3 is 1. The van der Waals surface area contributed by atoms with Crippen LogP contribution in [0.3, 0.4) is 0 Å². The van der Waals surface area contributed by atoms with E-state index in [2.05, 4.69) is 15.4 Å². The van der Waals surface area contributed by atoms with E-state index in [9.17, 15) is 22.8 Å². The number of nitrogens with one attached hydrogen (secondary N) is 2. The van der Waals surface area contributed by atoms with Crippen LogP contribution in [-0.4, -0.2) is 50.8 Å². The van der Waals surface area contributed by atoms with Crippen LogP contribution in [-0.2, 0) is 32.4 Å². The average molecular weight is 498 g/mol. The Bertz CT molecular complexity index is 1130. The fourth-order valence-corrected chi connectivity index (χ4v) is 7.95. The third-order valence-electron chi connectivity index (χ3n) is 5.70. The minimum Gasteiger partial charge on any atom is -0.453 e. The second-order valence-electron chi connectivity index (χ2n) is 7.61. The second-order valence-corrected chi connectivity index (χ2v) is 11.8. The Kier molecular flexibility index (Phi) is 6.65. The molecule has 1 aliphatic heterocycles. The van der Waals surface area contributed by atoms with E-state index in [1.165, 1.54) is 34.1 Å². The van der Waals surface area contributed by atoms with E-state index in [0.29, 0.717) is 34.0 Å². The minimum absolute atomic E-state index is 0.245. The van der Waals surface area contributed by atoms with Crippen molar-refractivity contribution >= 4 is 55.6 Å². The maximum absolute atomic E-state index is 12.9. The normalized spacial score (nSPS) is 17.0. The highest BCUT2D eigenvalue weighted by atomic mass is 32.2. The van der Waals surface area contributed by atoms with Gasteiger partial charge in [0.2, 0.25) is 5.91 Å². The van der Waals surface area contributed by atoms with Crippen molar-refractivity contribution in [3.63, 3.8) is 0 Å². The van der Waals surface area contributed by atoms with Crippen molar-refractivity contribution in [2.75, 3.05) is 25.5 Å². The van der Waals surface area contributed by atoms with Crippen molar-refractivity contribution in [1.82, 2.24) is 9.62 Å². The van der Waals surface area contributed by atoms with Crippen LogP contribution in [0.15, 0.2) is 21.7 Å². The first-order valence-electron chi connectivity index (χ1n) is 10.2. The van der Waals surface area contributed by atoms with Gasteiger partial charge in [0, 0.05) is 23.9 Å². The van der Waals surface area contributed by atoms with Crippen LogP contribution in [0.4, 0.5) is 9.80 Å². The fourth-order valence-electron chi connectivity index (χ4n) is 4.05. The number of nitrogens with zero attached hydrogens (tertiary/aromatic N) is 1. The summed E-state index contributed by atoms with van der Waals surface area (Å²) in [5.74, 6) is -1.20. The Hall–Kier alpha value is -2.28. The van der Waals surface area contributed by atoms with Gasteiger partial charge in [-0.25, -0.2) is 13.2 Å². The Labute approximate surface area is 193 Å². The summed E-state index contributed by atoms with van der Waals surface area (Å²) in [6.07, 6.45) is 2.39. The SMILES string of the molecule is COC(=O)NC(=O)c1c(NC(=O)C2CCN(S(=O)(=O)c3cccs3)CC2)sc2c1CCC2. The van der Waals surface area contributed by atoms with Crippen LogP contribution in [0.1, 0.15) is 40.1 Å². The van der Waals surface area contributed by atoms with Crippen LogP contribution >= 0.6 is 22.7 Å². The first kappa shape index (κ1) is 22.9. The van der Waals surface area contributed by atoms with Gasteiger partial charge in [-0.3, -0.25) is 14.9 Å². The van der Waals surface area contributed by atoms with Gasteiger partial charge >= 0.3 is 6.09 Å². The van der Waals surface area contributed by atoms with Crippen molar-refractivity contribution in [1.29, 1.82) is 0 Å². The van der Waals surface area contributed by atoms with Crippen LogP contribution in [0, 0.1) is 5.92 Å². The summed E-state index contributed by atoms with van der Waals surface area (Å²) in [4.78, 5) is 38.1. The molecule has 1 saturated heterocycles. The maximum Gasteiger partial charge on any atom is 0.413 e. The first-order chi connectivity index (χ1) is 15.3. The number of ether oxygens (including phenoxy) is 1. The molecule has 2 N–H and O–H groups in total. The van der Waals surface area contributed by atoms with Crippen LogP contribution in [0.2, 0.25) is 0 Å². The number of anilines is 1. The van der Waals surface area contributed by atoms with Gasteiger partial charge in [-0.05, 0) is 49.1 Å². The van der Waals surface area contributed by atoms with E-state index < -0.39 is 22.0 Å². The minimum atomic E-state index is -3.53. The molecule has 9 nitrogen and oxygen atoms in total. The molecule has 3 heterocycles. The summed E-state index contributed by atoms with van der Waals surface area (Å²) in [6.45, 7) is 0.518. The summed E-state index contributed by atoms with van der Waals surface area (Å²) in [7, 11) is -2.36. The zero-order valence-electron chi connectivity index (χ0n) is 17.4. The number of thiophene rings is 2. The highest BCUT2D eigenvalue weighted by Gasteiger charge is 2.34. The van der Waals surface area contributed by atoms with Gasteiger partial charge < -0.3 is 10.1 Å². The van der Waals surface area contributed by atoms with Gasteiger partial charge in [0.25, 0.3) is 15.9 Å². The molecular weight excluding hydrogens is 474 g/mol. The molecule has 3 amide bonds. The van der Waals surface area contributed by atoms with Gasteiger partial charge in [-0.2, -0.15) is 4.31 Å². The number of fused-ring (bicyclic) bond motifs is 1. The Morgan fingerprint density at radius 3 is 2.59 bits per heavy atom. The number of aryl methyl sites for hydroxylation is 1. The van der Waals surface area contributed by atoms with Crippen molar-refractivity contribution in [3.8, 4) is 0 Å². The van der Waals surface area contributed by atoms with Crippen molar-refractivity contribution in [2.45, 2.75) is 36.3 Å². The topological polar surface area (TPSA) is 122 Å². The molecule has 1 aliphatic carbocycles. The molecule has 0 aromatic carbocycles. The molecule has 2 aromatic rings. The molecular formula is C20H23N3O6S3. The number of alkyl carbamates (subject to hydrolysis) is 1. The van der Waals surface area contributed by atoms with E-state index in [0.717, 1.165) is 23.3 Å². The molecule has 32 heavy (non-hydrogen) atoms. The molecule has 0 saturated carbocycles. The highest BCUT2D eigenvalue weighted by Crippen LogP contribution is 2.39. The molecule has 12 heteroatoms. The average Bonchev–Trinajstić information content (AvgIpc) is 3.51. The van der Waals surface area contributed by atoms with E-state index in [1.807, 2.05) is 0 Å². The highest BCUT2D eigenvalue weighted by molar-refractivity contribution is 7.91. The lowest BCUT2D eigenvalue weighted by molar-refractivity contribution is -0.120. The third-order valence-corrected chi connectivity index (χ3v) is 10.2. The van der Waals surface area contributed by atoms with Crippen molar-refractivity contribution in [2.24, 2.45) is 5.92 Å². The molecule has 0 spiro atoms. The molecule has 172 valence electrons. The van der Waals surface area contributed by atoms with Crippen LogP contribution in [0.25, 0.3) is 0 Å². The maximum atomic E-state index is 12.9. The number of carbonyl (C=O) groups is 3. The standard InChI is InChI=1S/C20H23N3O6S3/c1-29-20(26)22-18(25)16-13-4-2-5-14(13)31-19(16)21-17(24)12-7-9-23(10-8-12)32(27,28)15-6-3-11-30-15/h3,6,11-12H,2,4-5,7-10H2,1H3,(H,21,24)(H,22,25,26). The Balaban J connectivity index is 1.44. The zero-order valence-corrected chi connectivity index (χ0v) is 19.8. The lowest BCUT2D eigenvalue weighted by atomic mass is 9.97. The van der Waals surface area contributed by atoms with Gasteiger partial charge in [0.1, 0.15) is 9.21 Å². The summed E-state index contributed by atoms with van der Waals surface area (Å²) in [5, 5.41) is 7.18. The first-order valence-corrected chi connectivity index (χ1v) is 13.3. The molecule has 0 atom stereocenters. The number of carbonyl (C=O) groups excluding carboxylic acids is 3. The number of amides is 3. The van der Waals surface area contributed by atoms with Gasteiger partial charge in [0.15, 0.2) is 0 Å². The summed E-state index contributed by atoms with van der Waals surface area (Å²) in [6, 6.07) is 3.28. The molecule has 0 unspecified atom stereocenters. The van der Waals surface area contributed by atoms with Gasteiger partial charge in [-0.15, -0.1) is 22.7 Å². The molecule has 1 fully saturated rings. The zero-order chi connectivity index (χ0) is 22.9. The predicted octanol–water partition coefficient (Wildman–Crippen LogP) is 2.83. The summed E-state index contributed by atoms with van der Waals surface area (Å²) < 4.78 is 31.6. The quantitative estimate of drug-likeness (QED) is 0.655. The fraction of sp³-hybridized carbons (Fsp3) is 0.450. The smallest absolute Gasteiger partial charge is 0.413 e. The molecule has 4 rings (SSSR count). The Morgan fingerprint density at radius 1 is 1.19 bits per heavy atom. The van der Waals surface area contributed by atoms with E-state index >= 15 is 0 Å². The molecule has 0 bridgehead atoms. The van der Waals surface area contributed by atoms with Crippen LogP contribution < -0.4 is 10.6 Å². The lowest BCUT2D eigenvalue weighted by Crippen LogP contribution is -2.41. The predicted molar refractivity (Wildman–Crippen MR) is 121 cm³/mol. The van der Waals surface area contributed by atoms with Crippen molar-refractivity contribution in [3.05, 3.63) is 33.5 Å². The van der Waals surface area contributed by atoms with Gasteiger partial charge in [0.05, 0.1) is 12.7 Å². The van der Waals surface area contributed by atoms with Gasteiger partial charge in [-0.1, -0.05) is 6.07 Å². The van der Waals surface area contributed by atoms with E-state index in [1.54, 1.807) is 17.5 Å². The molecule has 2 aliphatic rings. The van der Waals surface area contributed by atoms with E-state index in [4.69, 9.17) is 0 Å². The lowest BCUT2D eigenvalue weighted by Gasteiger charge is -2.30. The second kappa shape index (κ2) is 9.30. The molecule has 0 radical (unpaired) electrons. The molecule has 2 aromatic heterocycles. The number of sulfonamides is 1. The largest absolute Gasteiger partial charge is 0.453 e. The number of hydrogen-bond acceptors (Lipinski definition) is 8. The Morgan fingerprint density at radius 2 is 1.94 bits per heavy atom. The van der Waals surface area contributed by atoms with Crippen molar-refractivity contribution < 1.29 is 27.5 Å². The monoisotopic (exact) mass is 497 g/mol. The third kappa shape index (κ3) is 4.45. The number of rotatable bonds is 5. The number of imide groups is 1. The van der Waals surface area contributed by atoms with Crippen LogP contribution in [0.5, 0.6) is 0 Å². The van der Waals surface area contributed by atoms with E-state index in [-0.39, 0.29) is 24.9 Å². The number of piperidine rings is 1. The summed E-state index contributed by atoms with van der Waals surface area (Å²) >= 11 is 2.53.